The van der Waals surface area contributed by atoms with Crippen molar-refractivity contribution in [3.8, 4) is 5.75 Å². The van der Waals surface area contributed by atoms with Gasteiger partial charge in [0, 0.05) is 19.2 Å². The van der Waals surface area contributed by atoms with Crippen molar-refractivity contribution in [3.05, 3.63) is 76.1 Å². The summed E-state index contributed by atoms with van der Waals surface area (Å²) in [6.45, 7) is 0.560. The minimum absolute atomic E-state index is 0.0613. The Morgan fingerprint density at radius 1 is 1.24 bits per heavy atom. The second kappa shape index (κ2) is 8.58. The van der Waals surface area contributed by atoms with Crippen molar-refractivity contribution in [1.29, 1.82) is 0 Å². The van der Waals surface area contributed by atoms with Crippen molar-refractivity contribution in [2.24, 2.45) is 0 Å². The van der Waals surface area contributed by atoms with Crippen molar-refractivity contribution in [3.63, 3.8) is 0 Å². The van der Waals surface area contributed by atoms with Crippen LogP contribution in [0.25, 0.3) is 6.08 Å². The third kappa shape index (κ3) is 5.42. The number of carbonyl (C=O) groups is 1. The standard InChI is InChI=1S/C18H17FN2O4/c1-20(12-13-25-16-9-7-15(19)8-10-16)18(22)11-6-14-4-2-3-5-17(14)21(23)24/h2-11H,12-13H2,1H3/b11-6+. The van der Waals surface area contributed by atoms with Crippen molar-refractivity contribution in [2.45, 2.75) is 0 Å². The molecule has 0 aliphatic heterocycles. The van der Waals surface area contributed by atoms with Crippen LogP contribution in [-0.2, 0) is 4.79 Å². The summed E-state index contributed by atoms with van der Waals surface area (Å²) in [6, 6.07) is 11.8. The van der Waals surface area contributed by atoms with Gasteiger partial charge < -0.3 is 9.64 Å². The molecular formula is C18H17FN2O4. The molecule has 0 atom stereocenters. The summed E-state index contributed by atoms with van der Waals surface area (Å²) in [5, 5.41) is 10.9. The van der Waals surface area contributed by atoms with Crippen molar-refractivity contribution < 1.29 is 18.8 Å². The first-order valence-corrected chi connectivity index (χ1v) is 7.52. The first-order chi connectivity index (χ1) is 12.0. The first kappa shape index (κ1) is 18.1. The minimum Gasteiger partial charge on any atom is -0.492 e. The highest BCUT2D eigenvalue weighted by molar-refractivity contribution is 5.92. The van der Waals surface area contributed by atoms with Gasteiger partial charge in [-0.15, -0.1) is 0 Å². The highest BCUT2D eigenvalue weighted by Crippen LogP contribution is 2.19. The lowest BCUT2D eigenvalue weighted by molar-refractivity contribution is -0.385. The number of rotatable bonds is 7. The van der Waals surface area contributed by atoms with Crippen molar-refractivity contribution in [1.82, 2.24) is 4.90 Å². The molecule has 0 aromatic heterocycles. The van der Waals surface area contributed by atoms with Crippen molar-refractivity contribution >= 4 is 17.7 Å². The predicted molar refractivity (Wildman–Crippen MR) is 91.7 cm³/mol. The van der Waals surface area contributed by atoms with E-state index in [4.69, 9.17) is 4.74 Å². The molecule has 7 heteroatoms. The molecule has 0 bridgehead atoms. The molecule has 0 unspecified atom stereocenters. The number of hydrogen-bond donors (Lipinski definition) is 0. The maximum Gasteiger partial charge on any atom is 0.276 e. The van der Waals surface area contributed by atoms with Crippen LogP contribution < -0.4 is 4.74 Å². The Labute approximate surface area is 144 Å². The zero-order chi connectivity index (χ0) is 18.2. The number of likely N-dealkylation sites (N-methyl/N-ethyl adjacent to an activating group) is 1. The molecule has 0 N–H and O–H groups in total. The normalized spacial score (nSPS) is 10.6. The molecule has 6 nitrogen and oxygen atoms in total. The minimum atomic E-state index is -0.496. The Hall–Kier alpha value is -3.22. The third-order valence-corrected chi connectivity index (χ3v) is 3.42. The number of nitro groups is 1. The van der Waals surface area contributed by atoms with E-state index < -0.39 is 4.92 Å². The summed E-state index contributed by atoms with van der Waals surface area (Å²) in [6.07, 6.45) is 2.69. The van der Waals surface area contributed by atoms with Gasteiger partial charge in [0.25, 0.3) is 5.69 Å². The number of nitrogens with zero attached hydrogens (tertiary/aromatic N) is 2. The summed E-state index contributed by atoms with van der Waals surface area (Å²) in [7, 11) is 1.60. The van der Waals surface area contributed by atoms with Crippen molar-refractivity contribution in [2.75, 3.05) is 20.2 Å². The fraction of sp³-hybridized carbons (Fsp3) is 0.167. The van der Waals surface area contributed by atoms with E-state index in [1.54, 1.807) is 25.2 Å². The molecule has 0 aliphatic carbocycles. The quantitative estimate of drug-likeness (QED) is 0.439. The van der Waals surface area contributed by atoms with Crippen LogP contribution >= 0.6 is 0 Å². The highest BCUT2D eigenvalue weighted by atomic mass is 19.1. The van der Waals surface area contributed by atoms with Gasteiger partial charge in [-0.3, -0.25) is 14.9 Å². The van der Waals surface area contributed by atoms with Crippen LogP contribution in [0.4, 0.5) is 10.1 Å². The van der Waals surface area contributed by atoms with Gasteiger partial charge in [0.15, 0.2) is 0 Å². The van der Waals surface area contributed by atoms with Crippen LogP contribution in [0, 0.1) is 15.9 Å². The molecule has 2 aromatic carbocycles. The van der Waals surface area contributed by atoms with Gasteiger partial charge in [0.1, 0.15) is 18.2 Å². The molecular weight excluding hydrogens is 327 g/mol. The average molecular weight is 344 g/mol. The molecule has 2 rings (SSSR count). The lowest BCUT2D eigenvalue weighted by atomic mass is 10.1. The van der Waals surface area contributed by atoms with Gasteiger partial charge in [0.05, 0.1) is 17.0 Å². The molecule has 0 saturated carbocycles. The average Bonchev–Trinajstić information content (AvgIpc) is 2.61. The summed E-state index contributed by atoms with van der Waals surface area (Å²) in [5.74, 6) is -0.140. The molecule has 25 heavy (non-hydrogen) atoms. The summed E-state index contributed by atoms with van der Waals surface area (Å²) in [5.41, 5.74) is 0.297. The molecule has 2 aromatic rings. The van der Waals surface area contributed by atoms with Crippen LogP contribution in [0.1, 0.15) is 5.56 Å². The third-order valence-electron chi connectivity index (χ3n) is 3.42. The first-order valence-electron chi connectivity index (χ1n) is 7.52. The van der Waals surface area contributed by atoms with Crippen LogP contribution in [0.15, 0.2) is 54.6 Å². The number of hydrogen-bond acceptors (Lipinski definition) is 4. The van der Waals surface area contributed by atoms with Crippen LogP contribution in [-0.4, -0.2) is 35.9 Å². The van der Waals surface area contributed by atoms with E-state index in [9.17, 15) is 19.3 Å². The lowest BCUT2D eigenvalue weighted by Crippen LogP contribution is -2.29. The molecule has 0 radical (unpaired) electrons. The summed E-state index contributed by atoms with van der Waals surface area (Å²) >= 11 is 0. The number of ether oxygens (including phenoxy) is 1. The van der Waals surface area contributed by atoms with Gasteiger partial charge in [-0.2, -0.15) is 0 Å². The Bertz CT molecular complexity index is 775. The lowest BCUT2D eigenvalue weighted by Gasteiger charge is -2.15. The van der Waals surface area contributed by atoms with E-state index >= 15 is 0 Å². The Morgan fingerprint density at radius 3 is 2.60 bits per heavy atom. The molecule has 0 saturated heterocycles. The van der Waals surface area contributed by atoms with E-state index in [-0.39, 0.29) is 24.0 Å². The van der Waals surface area contributed by atoms with E-state index in [0.29, 0.717) is 17.9 Å². The van der Waals surface area contributed by atoms with Gasteiger partial charge in [-0.05, 0) is 36.4 Å². The zero-order valence-electron chi connectivity index (χ0n) is 13.6. The second-order valence-electron chi connectivity index (χ2n) is 5.21. The Balaban J connectivity index is 1.87. The highest BCUT2D eigenvalue weighted by Gasteiger charge is 2.11. The maximum absolute atomic E-state index is 12.8. The summed E-state index contributed by atoms with van der Waals surface area (Å²) in [4.78, 5) is 23.9. The molecule has 0 fully saturated rings. The van der Waals surface area contributed by atoms with Gasteiger partial charge in [0.2, 0.25) is 5.91 Å². The summed E-state index contributed by atoms with van der Waals surface area (Å²) < 4.78 is 18.2. The van der Waals surface area contributed by atoms with E-state index in [0.717, 1.165) is 0 Å². The monoisotopic (exact) mass is 344 g/mol. The zero-order valence-corrected chi connectivity index (χ0v) is 13.6. The molecule has 130 valence electrons. The Morgan fingerprint density at radius 2 is 1.92 bits per heavy atom. The predicted octanol–water partition coefficient (Wildman–Crippen LogP) is 3.28. The molecule has 1 amide bonds. The van der Waals surface area contributed by atoms with Crippen LogP contribution in [0.3, 0.4) is 0 Å². The second-order valence-corrected chi connectivity index (χ2v) is 5.21. The van der Waals surface area contributed by atoms with Gasteiger partial charge in [-0.25, -0.2) is 4.39 Å². The fourth-order valence-electron chi connectivity index (χ4n) is 2.02. The van der Waals surface area contributed by atoms with Gasteiger partial charge in [-0.1, -0.05) is 12.1 Å². The Kier molecular flexibility index (Phi) is 6.22. The largest absolute Gasteiger partial charge is 0.492 e. The number of carbonyl (C=O) groups excluding carboxylic acids is 1. The van der Waals surface area contributed by atoms with E-state index in [2.05, 4.69) is 0 Å². The molecule has 0 spiro atoms. The smallest absolute Gasteiger partial charge is 0.276 e. The number of amides is 1. The maximum atomic E-state index is 12.8. The van der Waals surface area contributed by atoms with E-state index in [1.807, 2.05) is 0 Å². The SMILES string of the molecule is CN(CCOc1ccc(F)cc1)C(=O)/C=C/c1ccccc1[N+](=O)[O-]. The fourth-order valence-corrected chi connectivity index (χ4v) is 2.02. The number of nitro benzene ring substituents is 1. The van der Waals surface area contributed by atoms with Crippen LogP contribution in [0.5, 0.6) is 5.75 Å². The molecule has 0 heterocycles. The number of halogens is 1. The number of para-hydroxylation sites is 1. The number of benzene rings is 2. The van der Waals surface area contributed by atoms with Gasteiger partial charge >= 0.3 is 0 Å². The van der Waals surface area contributed by atoms with E-state index in [1.165, 1.54) is 47.4 Å². The topological polar surface area (TPSA) is 72.7 Å². The van der Waals surface area contributed by atoms with Crippen LogP contribution in [0.2, 0.25) is 0 Å². The molecule has 0 aliphatic rings.